The molecule has 4 N–H and O–H groups in total. The number of ether oxygens (including phenoxy) is 1. The van der Waals surface area contributed by atoms with E-state index in [1.807, 2.05) is 0 Å². The number of hydrogen-bond donors (Lipinski definition) is 4. The molecular formula is C11H14N2O6. The first kappa shape index (κ1) is 13.7. The lowest BCUT2D eigenvalue weighted by Gasteiger charge is -2.17. The lowest BCUT2D eigenvalue weighted by molar-refractivity contribution is -0.384. The third kappa shape index (κ3) is 2.82. The van der Waals surface area contributed by atoms with Crippen LogP contribution in [0.4, 0.5) is 11.4 Å². The molecule has 1 aliphatic heterocycles. The minimum atomic E-state index is -1.19. The van der Waals surface area contributed by atoms with E-state index in [1.54, 1.807) is 0 Å². The standard InChI is InChI=1S/C11H14N2O6/c14-5-8-9(15)10(16)11(19-8)12-6-1-3-7(4-2-6)13(17)18/h1-4,8-12,14-16H,5H2/t8-,9-,10+,11+/m1/s1. The zero-order chi connectivity index (χ0) is 14.0. The monoisotopic (exact) mass is 270 g/mol. The lowest BCUT2D eigenvalue weighted by Crippen LogP contribution is -2.36. The number of non-ortho nitro benzene ring substituents is 1. The van der Waals surface area contributed by atoms with Crippen LogP contribution in [0.3, 0.4) is 0 Å². The average molecular weight is 270 g/mol. The highest BCUT2D eigenvalue weighted by atomic mass is 16.6. The maximum Gasteiger partial charge on any atom is 0.269 e. The number of benzene rings is 1. The number of nitrogens with one attached hydrogen (secondary N) is 1. The van der Waals surface area contributed by atoms with Crippen LogP contribution < -0.4 is 5.32 Å². The topological polar surface area (TPSA) is 125 Å². The van der Waals surface area contributed by atoms with Gasteiger partial charge in [0.05, 0.1) is 11.5 Å². The van der Waals surface area contributed by atoms with E-state index in [0.29, 0.717) is 5.69 Å². The summed E-state index contributed by atoms with van der Waals surface area (Å²) in [7, 11) is 0. The van der Waals surface area contributed by atoms with Gasteiger partial charge in [0.2, 0.25) is 0 Å². The molecule has 1 heterocycles. The van der Waals surface area contributed by atoms with Crippen molar-refractivity contribution in [3.05, 3.63) is 34.4 Å². The van der Waals surface area contributed by atoms with E-state index in [2.05, 4.69) is 5.32 Å². The molecule has 0 radical (unpaired) electrons. The Morgan fingerprint density at radius 3 is 2.37 bits per heavy atom. The fourth-order valence-corrected chi connectivity index (χ4v) is 1.86. The van der Waals surface area contributed by atoms with E-state index in [-0.39, 0.29) is 5.69 Å². The Morgan fingerprint density at radius 2 is 1.89 bits per heavy atom. The van der Waals surface area contributed by atoms with Gasteiger partial charge in [-0.1, -0.05) is 0 Å². The molecule has 19 heavy (non-hydrogen) atoms. The number of rotatable bonds is 4. The van der Waals surface area contributed by atoms with Crippen LogP contribution in [0.25, 0.3) is 0 Å². The predicted molar refractivity (Wildman–Crippen MR) is 64.5 cm³/mol. The maximum absolute atomic E-state index is 10.5. The van der Waals surface area contributed by atoms with Crippen LogP contribution >= 0.6 is 0 Å². The number of nitro benzene ring substituents is 1. The Hall–Kier alpha value is -1.74. The fraction of sp³-hybridized carbons (Fsp3) is 0.455. The normalized spacial score (nSPS) is 30.3. The highest BCUT2D eigenvalue weighted by molar-refractivity contribution is 5.49. The summed E-state index contributed by atoms with van der Waals surface area (Å²) in [4.78, 5) is 9.98. The first-order valence-corrected chi connectivity index (χ1v) is 5.66. The molecule has 0 spiro atoms. The average Bonchev–Trinajstić information content (AvgIpc) is 2.67. The first-order valence-electron chi connectivity index (χ1n) is 5.66. The van der Waals surface area contributed by atoms with Crippen LogP contribution in [0.2, 0.25) is 0 Å². The Bertz CT molecular complexity index is 451. The summed E-state index contributed by atoms with van der Waals surface area (Å²) < 4.78 is 5.22. The summed E-state index contributed by atoms with van der Waals surface area (Å²) in [6, 6.07) is 5.55. The molecule has 4 atom stereocenters. The molecule has 0 bridgehead atoms. The third-order valence-electron chi connectivity index (χ3n) is 2.93. The maximum atomic E-state index is 10.5. The quantitative estimate of drug-likeness (QED) is 0.427. The van der Waals surface area contributed by atoms with Crippen LogP contribution in [-0.4, -0.2) is 51.4 Å². The van der Waals surface area contributed by atoms with E-state index in [0.717, 1.165) is 0 Å². The summed E-state index contributed by atoms with van der Waals surface area (Å²) in [6.07, 6.45) is -4.10. The Balaban J connectivity index is 2.03. The molecule has 8 nitrogen and oxygen atoms in total. The third-order valence-corrected chi connectivity index (χ3v) is 2.93. The Morgan fingerprint density at radius 1 is 1.26 bits per heavy atom. The molecular weight excluding hydrogens is 256 g/mol. The van der Waals surface area contributed by atoms with E-state index < -0.39 is 36.1 Å². The van der Waals surface area contributed by atoms with Crippen LogP contribution in [0, 0.1) is 10.1 Å². The van der Waals surface area contributed by atoms with Crippen molar-refractivity contribution < 1.29 is 25.0 Å². The summed E-state index contributed by atoms with van der Waals surface area (Å²) in [5, 5.41) is 41.5. The molecule has 0 saturated carbocycles. The molecule has 0 aliphatic carbocycles. The number of hydrogen-bond acceptors (Lipinski definition) is 7. The highest BCUT2D eigenvalue weighted by Crippen LogP contribution is 2.24. The molecule has 104 valence electrons. The number of aliphatic hydroxyl groups is 3. The van der Waals surface area contributed by atoms with Crippen molar-refractivity contribution in [3.8, 4) is 0 Å². The summed E-state index contributed by atoms with van der Waals surface area (Å²) in [5.74, 6) is 0. The van der Waals surface area contributed by atoms with E-state index >= 15 is 0 Å². The van der Waals surface area contributed by atoms with Gasteiger partial charge in [0, 0.05) is 17.8 Å². The van der Waals surface area contributed by atoms with Crippen LogP contribution in [-0.2, 0) is 4.74 Å². The van der Waals surface area contributed by atoms with Gasteiger partial charge in [-0.15, -0.1) is 0 Å². The van der Waals surface area contributed by atoms with Gasteiger partial charge in [0.25, 0.3) is 5.69 Å². The van der Waals surface area contributed by atoms with Gasteiger partial charge in [-0.05, 0) is 12.1 Å². The molecule has 0 aromatic heterocycles. The predicted octanol–water partition coefficient (Wildman–Crippen LogP) is -0.554. The summed E-state index contributed by atoms with van der Waals surface area (Å²) in [5.41, 5.74) is 0.451. The van der Waals surface area contributed by atoms with Crippen molar-refractivity contribution >= 4 is 11.4 Å². The molecule has 1 aliphatic rings. The highest BCUT2D eigenvalue weighted by Gasteiger charge is 2.42. The second-order valence-corrected chi connectivity index (χ2v) is 4.21. The number of anilines is 1. The van der Waals surface area contributed by atoms with E-state index in [9.17, 15) is 20.3 Å². The van der Waals surface area contributed by atoms with Crippen LogP contribution in [0.1, 0.15) is 0 Å². The van der Waals surface area contributed by atoms with Gasteiger partial charge in [0.1, 0.15) is 18.3 Å². The summed E-state index contributed by atoms with van der Waals surface area (Å²) in [6.45, 7) is -0.406. The lowest BCUT2D eigenvalue weighted by atomic mass is 10.1. The van der Waals surface area contributed by atoms with Gasteiger partial charge >= 0.3 is 0 Å². The van der Waals surface area contributed by atoms with Gasteiger partial charge < -0.3 is 25.4 Å². The zero-order valence-corrected chi connectivity index (χ0v) is 9.84. The van der Waals surface area contributed by atoms with E-state index in [4.69, 9.17) is 9.84 Å². The number of aliphatic hydroxyl groups excluding tert-OH is 3. The van der Waals surface area contributed by atoms with E-state index in [1.165, 1.54) is 24.3 Å². The number of nitrogens with zero attached hydrogens (tertiary/aromatic N) is 1. The van der Waals surface area contributed by atoms with Crippen LogP contribution in [0.15, 0.2) is 24.3 Å². The molecule has 2 rings (SSSR count). The number of nitro groups is 1. The molecule has 1 aromatic rings. The fourth-order valence-electron chi connectivity index (χ4n) is 1.86. The van der Waals surface area contributed by atoms with Crippen molar-refractivity contribution in [1.82, 2.24) is 0 Å². The minimum absolute atomic E-state index is 0.0493. The molecule has 8 heteroatoms. The second-order valence-electron chi connectivity index (χ2n) is 4.21. The molecule has 1 fully saturated rings. The zero-order valence-electron chi connectivity index (χ0n) is 9.84. The molecule has 0 unspecified atom stereocenters. The van der Waals surface area contributed by atoms with Crippen molar-refractivity contribution in [2.24, 2.45) is 0 Å². The molecule has 1 saturated heterocycles. The SMILES string of the molecule is O=[N+]([O-])c1ccc(N[C@H]2O[C@H](CO)[C@@H](O)[C@@H]2O)cc1. The van der Waals surface area contributed by atoms with Crippen molar-refractivity contribution in [3.63, 3.8) is 0 Å². The summed E-state index contributed by atoms with van der Waals surface area (Å²) >= 11 is 0. The van der Waals surface area contributed by atoms with Gasteiger partial charge in [-0.2, -0.15) is 0 Å². The Labute approximate surface area is 108 Å². The smallest absolute Gasteiger partial charge is 0.269 e. The van der Waals surface area contributed by atoms with Gasteiger partial charge in [-0.25, -0.2) is 0 Å². The van der Waals surface area contributed by atoms with Crippen molar-refractivity contribution in [2.45, 2.75) is 24.5 Å². The van der Waals surface area contributed by atoms with Crippen molar-refractivity contribution in [2.75, 3.05) is 11.9 Å². The molecule has 0 amide bonds. The Kier molecular flexibility index (Phi) is 3.96. The van der Waals surface area contributed by atoms with Gasteiger partial charge in [-0.3, -0.25) is 10.1 Å². The van der Waals surface area contributed by atoms with Crippen molar-refractivity contribution in [1.29, 1.82) is 0 Å². The van der Waals surface area contributed by atoms with Crippen LogP contribution in [0.5, 0.6) is 0 Å². The molecule has 1 aromatic carbocycles. The largest absolute Gasteiger partial charge is 0.394 e. The first-order chi connectivity index (χ1) is 9.02. The second kappa shape index (κ2) is 5.49. The minimum Gasteiger partial charge on any atom is -0.394 e. The van der Waals surface area contributed by atoms with Gasteiger partial charge in [0.15, 0.2) is 6.23 Å².